The Kier molecular flexibility index (Phi) is 11.2. The van der Waals surface area contributed by atoms with E-state index in [2.05, 4.69) is 225 Å². The van der Waals surface area contributed by atoms with Gasteiger partial charge in [0.2, 0.25) is 0 Å². The van der Waals surface area contributed by atoms with Crippen LogP contribution in [0.3, 0.4) is 0 Å². The third-order valence-electron chi connectivity index (χ3n) is 15.8. The van der Waals surface area contributed by atoms with Crippen LogP contribution in [0.2, 0.25) is 0 Å². The number of imidazole rings is 1. The van der Waals surface area contributed by atoms with Gasteiger partial charge in [0.15, 0.2) is 5.82 Å². The van der Waals surface area contributed by atoms with Gasteiger partial charge >= 0.3 is 0 Å². The molecule has 3 aromatic heterocycles. The number of phenols is 1. The Hall–Kier alpha value is -7.33. The summed E-state index contributed by atoms with van der Waals surface area (Å²) < 4.78 is 9.26. The van der Waals surface area contributed by atoms with Crippen molar-refractivity contribution >= 4 is 33.0 Å². The van der Waals surface area contributed by atoms with Crippen molar-refractivity contribution in [3.63, 3.8) is 0 Å². The van der Waals surface area contributed by atoms with Crippen LogP contribution in [0, 0.1) is 19.9 Å². The van der Waals surface area contributed by atoms with Crippen molar-refractivity contribution in [3.05, 3.63) is 204 Å². The molecule has 0 saturated carbocycles. The van der Waals surface area contributed by atoms with Gasteiger partial charge in [0, 0.05) is 37.4 Å². The van der Waals surface area contributed by atoms with Crippen molar-refractivity contribution < 1.29 is 30.6 Å². The summed E-state index contributed by atoms with van der Waals surface area (Å²) in [6.07, 6.45) is 0. The molecule has 8 aromatic carbocycles. The first-order chi connectivity index (χ1) is 34.1. The van der Waals surface area contributed by atoms with Crippen molar-refractivity contribution in [1.29, 1.82) is 0 Å². The maximum absolute atomic E-state index is 11.6. The maximum atomic E-state index is 11.6. The molecule has 0 aliphatic heterocycles. The van der Waals surface area contributed by atoms with Gasteiger partial charge in [-0.3, -0.25) is 4.57 Å². The molecule has 11 aromatic rings. The zero-order valence-electron chi connectivity index (χ0n) is 42.2. The van der Waals surface area contributed by atoms with E-state index in [1.54, 1.807) is 6.07 Å². The number of para-hydroxylation sites is 3. The van der Waals surface area contributed by atoms with E-state index in [1.807, 2.05) is 12.1 Å². The first kappa shape index (κ1) is 47.0. The number of aromatic hydroxyl groups is 1. The molecule has 12 rings (SSSR count). The van der Waals surface area contributed by atoms with Crippen LogP contribution in [-0.2, 0) is 37.3 Å². The summed E-state index contributed by atoms with van der Waals surface area (Å²) in [5.74, 6) is 0.952. The molecule has 358 valence electrons. The molecule has 0 saturated heterocycles. The predicted octanol–water partition coefficient (Wildman–Crippen LogP) is 17.3. The fraction of sp³-hybridized carbons (Fsp3) is 0.182. The van der Waals surface area contributed by atoms with Crippen molar-refractivity contribution in [1.82, 2.24) is 14.5 Å². The predicted molar refractivity (Wildman–Crippen MR) is 293 cm³/mol. The molecule has 1 aliphatic carbocycles. The molecule has 0 spiro atoms. The average Bonchev–Trinajstić information content (AvgIpc) is 3.94. The summed E-state index contributed by atoms with van der Waals surface area (Å²) in [5, 5.41) is 13.7. The van der Waals surface area contributed by atoms with E-state index < -0.39 is 0 Å². The van der Waals surface area contributed by atoms with Crippen LogP contribution in [0.4, 0.5) is 0 Å². The first-order valence-corrected chi connectivity index (χ1v) is 24.7. The smallest absolute Gasteiger partial charge is 0.163 e. The van der Waals surface area contributed by atoms with Gasteiger partial charge in [-0.2, -0.15) is 0 Å². The van der Waals surface area contributed by atoms with Crippen LogP contribution in [-0.4, -0.2) is 19.6 Å². The number of benzene rings is 8. The van der Waals surface area contributed by atoms with Crippen LogP contribution in [0.5, 0.6) is 5.75 Å². The number of furan rings is 1. The number of hydrogen-bond acceptors (Lipinski definition) is 4. The maximum Gasteiger partial charge on any atom is 0.163 e. The van der Waals surface area contributed by atoms with Gasteiger partial charge in [0.05, 0.1) is 28.0 Å². The van der Waals surface area contributed by atoms with Crippen LogP contribution < -0.4 is 0 Å². The molecule has 6 heteroatoms. The standard InChI is InChI=1S/C66H56N3O2.Pt/c1-39-20-15-21-40(2)61(39)69-54-31-18-29-47(59(54)68-63(69)53-35-34-52-60(67-53)58-51(30-19-32-55(58)70)65(6,7)66(52,8)9)43-37-49-48-26-13-14-33-56(48)71-62(49)50(38-43)57-45(41-22-11-10-12-23-41)27-17-28-46(57)42-24-16-25-44(36-42)64(3,4)5;/h10-37,70H,1-9H3;/q-1;. The number of nitrogens with zero attached hydrogens (tertiary/aromatic N) is 3. The molecular formula is C66H56N3O2Pt-. The van der Waals surface area contributed by atoms with E-state index in [-0.39, 0.29) is 43.1 Å². The number of hydrogen-bond donors (Lipinski definition) is 1. The summed E-state index contributed by atoms with van der Waals surface area (Å²) >= 11 is 0. The normalized spacial score (nSPS) is 13.8. The molecule has 72 heavy (non-hydrogen) atoms. The summed E-state index contributed by atoms with van der Waals surface area (Å²) in [6.45, 7) is 20.2. The van der Waals surface area contributed by atoms with Crippen LogP contribution >= 0.6 is 0 Å². The molecule has 1 aliphatic rings. The minimum absolute atomic E-state index is 0. The first-order valence-electron chi connectivity index (χ1n) is 24.7. The Morgan fingerprint density at radius 3 is 1.99 bits per heavy atom. The van der Waals surface area contributed by atoms with E-state index >= 15 is 0 Å². The third kappa shape index (κ3) is 7.22. The quantitative estimate of drug-likeness (QED) is 0.169. The molecule has 0 unspecified atom stereocenters. The Balaban J connectivity index is 0.00000560. The number of pyridine rings is 1. The van der Waals surface area contributed by atoms with E-state index in [0.717, 1.165) is 128 Å². The number of phenolic OH excluding ortho intramolecular Hbond substituents is 1. The number of aryl methyl sites for hydroxylation is 2. The Bertz CT molecular complexity index is 3940. The van der Waals surface area contributed by atoms with Crippen molar-refractivity contribution in [2.24, 2.45) is 0 Å². The van der Waals surface area contributed by atoms with Crippen LogP contribution in [0.1, 0.15) is 76.3 Å². The van der Waals surface area contributed by atoms with E-state index in [0.29, 0.717) is 0 Å². The monoisotopic (exact) mass is 1120 g/mol. The summed E-state index contributed by atoms with van der Waals surface area (Å²) in [6, 6.07) is 64.0. The van der Waals surface area contributed by atoms with Crippen molar-refractivity contribution in [2.75, 3.05) is 0 Å². The van der Waals surface area contributed by atoms with Crippen molar-refractivity contribution in [3.8, 4) is 78.7 Å². The minimum atomic E-state index is -0.285. The SMILES string of the molecule is Cc1cccc(C)c1-n1c(-c2ccc3c(n2)-c2c(O)cccc2C(C)(C)C3(C)C)nc2c(-c3[c-]c(-c4c(-c5ccccc5)cccc4-c4cccc(C(C)(C)C)c4)c4oc5ccccc5c4c3)cccc21.[Pt]. The van der Waals surface area contributed by atoms with Gasteiger partial charge in [-0.1, -0.05) is 205 Å². The van der Waals surface area contributed by atoms with Gasteiger partial charge in [0.25, 0.3) is 0 Å². The Morgan fingerprint density at radius 1 is 0.583 bits per heavy atom. The van der Waals surface area contributed by atoms with Gasteiger partial charge in [-0.15, -0.1) is 17.7 Å². The number of rotatable bonds is 6. The van der Waals surface area contributed by atoms with E-state index in [4.69, 9.17) is 14.4 Å². The van der Waals surface area contributed by atoms with E-state index in [1.165, 1.54) is 5.56 Å². The second-order valence-corrected chi connectivity index (χ2v) is 21.6. The minimum Gasteiger partial charge on any atom is -0.507 e. The third-order valence-corrected chi connectivity index (χ3v) is 15.8. The molecule has 0 bridgehead atoms. The zero-order chi connectivity index (χ0) is 49.1. The van der Waals surface area contributed by atoms with E-state index in [9.17, 15) is 5.11 Å². The average molecular weight is 1120 g/mol. The zero-order valence-corrected chi connectivity index (χ0v) is 44.5. The van der Waals surface area contributed by atoms with Gasteiger partial charge in [-0.25, -0.2) is 9.97 Å². The molecule has 3 heterocycles. The fourth-order valence-corrected chi connectivity index (χ4v) is 11.3. The Labute approximate surface area is 436 Å². The van der Waals surface area contributed by atoms with Crippen LogP contribution in [0.15, 0.2) is 174 Å². The Morgan fingerprint density at radius 2 is 1.22 bits per heavy atom. The second kappa shape index (κ2) is 17.2. The molecule has 0 radical (unpaired) electrons. The molecule has 0 fully saturated rings. The molecule has 1 N–H and O–H groups in total. The van der Waals surface area contributed by atoms with Crippen LogP contribution in [0.25, 0.3) is 106 Å². The summed E-state index contributed by atoms with van der Waals surface area (Å²) in [4.78, 5) is 11.2. The topological polar surface area (TPSA) is 64.1 Å². The molecule has 0 amide bonds. The molecular weight excluding hydrogens is 1060 g/mol. The second-order valence-electron chi connectivity index (χ2n) is 21.6. The largest absolute Gasteiger partial charge is 0.507 e. The van der Waals surface area contributed by atoms with Gasteiger partial charge in [0.1, 0.15) is 17.0 Å². The van der Waals surface area contributed by atoms with Crippen molar-refractivity contribution in [2.45, 2.75) is 78.6 Å². The number of fused-ring (bicyclic) bond motifs is 7. The number of aromatic nitrogens is 3. The summed E-state index contributed by atoms with van der Waals surface area (Å²) in [7, 11) is 0. The molecule has 0 atom stereocenters. The van der Waals surface area contributed by atoms with Gasteiger partial charge in [-0.05, 0) is 104 Å². The summed E-state index contributed by atoms with van der Waals surface area (Å²) in [5.41, 5.74) is 20.1. The van der Waals surface area contributed by atoms with Gasteiger partial charge < -0.3 is 9.52 Å². The fourth-order valence-electron chi connectivity index (χ4n) is 11.3. The molecule has 5 nitrogen and oxygen atoms in total.